The molecule has 5 heteroatoms. The van der Waals surface area contributed by atoms with Gasteiger partial charge in [-0.3, -0.25) is 0 Å². The zero-order chi connectivity index (χ0) is 15.5. The van der Waals surface area contributed by atoms with E-state index in [4.69, 9.17) is 9.47 Å². The van der Waals surface area contributed by atoms with Crippen molar-refractivity contribution < 1.29 is 14.6 Å². The van der Waals surface area contributed by atoms with Crippen LogP contribution in [-0.4, -0.2) is 42.9 Å². The molecule has 4 nitrogen and oxygen atoms in total. The second kappa shape index (κ2) is 4.98. The molecular formula is C17H20BrNO3. The van der Waals surface area contributed by atoms with E-state index >= 15 is 0 Å². The lowest BCUT2D eigenvalue weighted by molar-refractivity contribution is 0.0807. The molecule has 0 radical (unpaired) electrons. The summed E-state index contributed by atoms with van der Waals surface area (Å²) in [6.07, 6.45) is 3.03. The molecule has 0 amide bonds. The number of aliphatic hydroxyl groups is 1. The maximum atomic E-state index is 10.1. The average molecular weight is 366 g/mol. The van der Waals surface area contributed by atoms with E-state index in [0.717, 1.165) is 35.5 Å². The molecule has 1 spiro atoms. The topological polar surface area (TPSA) is 41.9 Å². The Labute approximate surface area is 138 Å². The van der Waals surface area contributed by atoms with Crippen LogP contribution < -0.4 is 9.47 Å². The Morgan fingerprint density at radius 1 is 1.45 bits per heavy atom. The molecule has 22 heavy (non-hydrogen) atoms. The van der Waals surface area contributed by atoms with Crippen molar-refractivity contribution in [3.63, 3.8) is 0 Å². The van der Waals surface area contributed by atoms with E-state index in [1.165, 1.54) is 11.1 Å². The first-order valence-corrected chi connectivity index (χ1v) is 8.47. The largest absolute Gasteiger partial charge is 0.493 e. The third kappa shape index (κ3) is 1.82. The van der Waals surface area contributed by atoms with Gasteiger partial charge in [-0.05, 0) is 37.7 Å². The van der Waals surface area contributed by atoms with Crippen LogP contribution in [0.3, 0.4) is 0 Å². The van der Waals surface area contributed by atoms with E-state index in [-0.39, 0.29) is 11.5 Å². The van der Waals surface area contributed by atoms with Crippen LogP contribution in [0.25, 0.3) is 0 Å². The van der Waals surface area contributed by atoms with Crippen molar-refractivity contribution in [2.75, 3.05) is 20.7 Å². The molecule has 0 saturated carbocycles. The summed E-state index contributed by atoms with van der Waals surface area (Å²) in [5, 5.41) is 10.1. The van der Waals surface area contributed by atoms with E-state index < -0.39 is 6.10 Å². The second-order valence-corrected chi connectivity index (χ2v) is 7.37. The van der Waals surface area contributed by atoms with Crippen molar-refractivity contribution in [3.8, 4) is 11.5 Å². The molecule has 1 aromatic rings. The fourth-order valence-electron chi connectivity index (χ4n) is 4.18. The Morgan fingerprint density at radius 3 is 3.05 bits per heavy atom. The van der Waals surface area contributed by atoms with E-state index in [0.29, 0.717) is 6.42 Å². The number of rotatable bonds is 1. The molecule has 4 rings (SSSR count). The highest BCUT2D eigenvalue weighted by atomic mass is 79.9. The van der Waals surface area contributed by atoms with Crippen LogP contribution in [0.4, 0.5) is 0 Å². The maximum Gasteiger partial charge on any atom is 0.166 e. The van der Waals surface area contributed by atoms with Gasteiger partial charge in [-0.25, -0.2) is 0 Å². The Morgan fingerprint density at radius 2 is 2.27 bits per heavy atom. The predicted molar refractivity (Wildman–Crippen MR) is 87.7 cm³/mol. The number of nitrogens with zero attached hydrogens (tertiary/aromatic N) is 1. The number of hydrogen-bond acceptors (Lipinski definition) is 4. The van der Waals surface area contributed by atoms with Crippen molar-refractivity contribution in [3.05, 3.63) is 33.8 Å². The number of methoxy groups -OCH3 is 1. The Hall–Kier alpha value is -1.04. The lowest BCUT2D eigenvalue weighted by Gasteiger charge is -2.38. The minimum atomic E-state index is -0.463. The van der Waals surface area contributed by atoms with Crippen LogP contribution in [0.2, 0.25) is 0 Å². The number of hydrogen-bond donors (Lipinski definition) is 1. The van der Waals surface area contributed by atoms with Gasteiger partial charge in [0.15, 0.2) is 11.5 Å². The van der Waals surface area contributed by atoms with Gasteiger partial charge in [0.1, 0.15) is 6.10 Å². The number of halogens is 1. The molecule has 1 aliphatic carbocycles. The number of ether oxygens (including phenoxy) is 2. The van der Waals surface area contributed by atoms with Gasteiger partial charge in [0.25, 0.3) is 0 Å². The first-order chi connectivity index (χ1) is 10.6. The summed E-state index contributed by atoms with van der Waals surface area (Å²) in [4.78, 5) is 2.34. The second-order valence-electron chi connectivity index (χ2n) is 6.51. The van der Waals surface area contributed by atoms with Gasteiger partial charge < -0.3 is 19.5 Å². The maximum absolute atomic E-state index is 10.1. The van der Waals surface area contributed by atoms with Gasteiger partial charge in [-0.2, -0.15) is 0 Å². The summed E-state index contributed by atoms with van der Waals surface area (Å²) in [5.41, 5.74) is 2.35. The molecule has 0 aromatic heterocycles. The molecule has 0 bridgehead atoms. The number of benzene rings is 1. The van der Waals surface area contributed by atoms with E-state index in [1.807, 2.05) is 12.1 Å². The van der Waals surface area contributed by atoms with E-state index in [2.05, 4.69) is 33.9 Å². The average Bonchev–Trinajstić information content (AvgIpc) is 2.72. The van der Waals surface area contributed by atoms with Crippen molar-refractivity contribution in [1.29, 1.82) is 0 Å². The minimum Gasteiger partial charge on any atom is -0.493 e. The molecule has 2 aliphatic heterocycles. The van der Waals surface area contributed by atoms with Gasteiger partial charge in [0.2, 0.25) is 0 Å². The number of aliphatic hydroxyl groups excluding tert-OH is 1. The van der Waals surface area contributed by atoms with Crippen LogP contribution in [0.1, 0.15) is 24.0 Å². The van der Waals surface area contributed by atoms with E-state index in [1.54, 1.807) is 7.11 Å². The summed E-state index contributed by atoms with van der Waals surface area (Å²) in [5.74, 6) is 1.65. The lowest BCUT2D eigenvalue weighted by atomic mass is 9.69. The van der Waals surface area contributed by atoms with Crippen LogP contribution in [0, 0.1) is 0 Å². The highest BCUT2D eigenvalue weighted by Crippen LogP contribution is 2.59. The quantitative estimate of drug-likeness (QED) is 0.830. The molecule has 0 saturated heterocycles. The van der Waals surface area contributed by atoms with Gasteiger partial charge in [-0.15, -0.1) is 0 Å². The molecule has 3 aliphatic rings. The van der Waals surface area contributed by atoms with E-state index in [9.17, 15) is 5.11 Å². The fourth-order valence-corrected chi connectivity index (χ4v) is 5.13. The molecule has 1 N–H and O–H groups in total. The Bertz CT molecular complexity index is 660. The molecule has 0 fully saturated rings. The summed E-state index contributed by atoms with van der Waals surface area (Å²) < 4.78 is 12.9. The standard InChI is InChI=1S/C17H20BrNO3/c1-19-6-5-17-13(18)7-11(20)8-14(17)22-16-12(21-2)4-3-10(9-19)15(16)17/h3-4,7,11,14,20H,5-6,8-9H2,1-2H3/t11-,14-,17+/m0/s1. The molecular weight excluding hydrogens is 346 g/mol. The molecule has 1 aromatic carbocycles. The van der Waals surface area contributed by atoms with Gasteiger partial charge in [0.05, 0.1) is 18.6 Å². The summed E-state index contributed by atoms with van der Waals surface area (Å²) >= 11 is 3.75. The first kappa shape index (κ1) is 14.5. The third-order valence-corrected chi connectivity index (χ3v) is 6.20. The summed E-state index contributed by atoms with van der Waals surface area (Å²) in [6, 6.07) is 4.14. The lowest BCUT2D eigenvalue weighted by Crippen LogP contribution is -2.45. The van der Waals surface area contributed by atoms with Crippen LogP contribution >= 0.6 is 15.9 Å². The minimum absolute atomic E-state index is 0.0431. The molecule has 0 unspecified atom stereocenters. The van der Waals surface area contributed by atoms with Gasteiger partial charge >= 0.3 is 0 Å². The zero-order valence-corrected chi connectivity index (χ0v) is 14.4. The predicted octanol–water partition coefficient (Wildman–Crippen LogP) is 2.57. The SMILES string of the molecule is COc1ccc2c3c1O[C@H]1C[C@@H](O)C=C(Br)[C@@]31CCN(C)C2. The summed E-state index contributed by atoms with van der Waals surface area (Å²) in [6.45, 7) is 1.91. The Balaban J connectivity index is 1.99. The highest BCUT2D eigenvalue weighted by Gasteiger charge is 2.56. The fraction of sp³-hybridized carbons (Fsp3) is 0.529. The molecule has 118 valence electrons. The van der Waals surface area contributed by atoms with Crippen molar-refractivity contribution in [2.24, 2.45) is 0 Å². The zero-order valence-electron chi connectivity index (χ0n) is 12.8. The van der Waals surface area contributed by atoms with Crippen molar-refractivity contribution in [2.45, 2.75) is 37.0 Å². The highest BCUT2D eigenvalue weighted by molar-refractivity contribution is 9.11. The van der Waals surface area contributed by atoms with Crippen molar-refractivity contribution >= 4 is 15.9 Å². The molecule has 2 heterocycles. The summed E-state index contributed by atoms with van der Waals surface area (Å²) in [7, 11) is 3.83. The van der Waals surface area contributed by atoms with Crippen molar-refractivity contribution in [1.82, 2.24) is 4.90 Å². The van der Waals surface area contributed by atoms with Gasteiger partial charge in [0, 0.05) is 23.0 Å². The third-order valence-electron chi connectivity index (χ3n) is 5.23. The monoisotopic (exact) mass is 365 g/mol. The van der Waals surface area contributed by atoms with Crippen LogP contribution in [0.5, 0.6) is 11.5 Å². The first-order valence-electron chi connectivity index (χ1n) is 7.67. The normalized spacial score (nSPS) is 33.4. The van der Waals surface area contributed by atoms with Gasteiger partial charge in [-0.1, -0.05) is 22.0 Å². The smallest absolute Gasteiger partial charge is 0.166 e. The van der Waals surface area contributed by atoms with Crippen LogP contribution in [-0.2, 0) is 12.0 Å². The molecule has 3 atom stereocenters. The van der Waals surface area contributed by atoms with Crippen LogP contribution in [0.15, 0.2) is 22.7 Å². The Kier molecular flexibility index (Phi) is 3.29.